The molecule has 150 valence electrons. The second-order valence-electron chi connectivity index (χ2n) is 6.61. The highest BCUT2D eigenvalue weighted by Gasteiger charge is 2.24. The fourth-order valence-electron chi connectivity index (χ4n) is 3.39. The van der Waals surface area contributed by atoms with E-state index in [9.17, 15) is 8.42 Å². The molecule has 0 aromatic heterocycles. The van der Waals surface area contributed by atoms with Crippen LogP contribution in [0.4, 0.5) is 5.69 Å². The Morgan fingerprint density at radius 1 is 1.07 bits per heavy atom. The molecule has 2 heterocycles. The van der Waals surface area contributed by atoms with Crippen LogP contribution < -0.4 is 10.2 Å². The number of anilines is 1. The van der Waals surface area contributed by atoms with Crippen LogP contribution in [-0.4, -0.2) is 93.7 Å². The van der Waals surface area contributed by atoms with Crippen LogP contribution in [0.2, 0.25) is 0 Å². The number of aliphatic imine (C=N–C) groups is 1. The van der Waals surface area contributed by atoms with Crippen LogP contribution in [0.25, 0.3) is 0 Å². The first-order valence-electron chi connectivity index (χ1n) is 9.41. The highest BCUT2D eigenvalue weighted by Crippen LogP contribution is 2.16. The first-order chi connectivity index (χ1) is 13.1. The van der Waals surface area contributed by atoms with Crippen molar-refractivity contribution in [1.29, 1.82) is 0 Å². The zero-order chi connectivity index (χ0) is 19.1. The van der Waals surface area contributed by atoms with E-state index < -0.39 is 10.0 Å². The summed E-state index contributed by atoms with van der Waals surface area (Å²) in [6.45, 7) is 5.22. The number of hydrogen-bond donors (Lipinski definition) is 1. The third-order valence-corrected chi connectivity index (χ3v) is 7.73. The normalized spacial score (nSPS) is 20.0. The van der Waals surface area contributed by atoms with E-state index in [1.807, 2.05) is 17.8 Å². The summed E-state index contributed by atoms with van der Waals surface area (Å²) in [4.78, 5) is 8.90. The van der Waals surface area contributed by atoms with E-state index in [1.54, 1.807) is 11.4 Å². The van der Waals surface area contributed by atoms with Crippen LogP contribution in [0.1, 0.15) is 0 Å². The molecule has 9 heteroatoms. The molecule has 27 heavy (non-hydrogen) atoms. The van der Waals surface area contributed by atoms with Crippen molar-refractivity contribution >= 4 is 33.4 Å². The van der Waals surface area contributed by atoms with Crippen LogP contribution in [0.3, 0.4) is 0 Å². The van der Waals surface area contributed by atoms with Crippen molar-refractivity contribution in [3.8, 4) is 0 Å². The van der Waals surface area contributed by atoms with Gasteiger partial charge in [0.05, 0.1) is 5.75 Å². The van der Waals surface area contributed by atoms with Crippen molar-refractivity contribution in [2.45, 2.75) is 0 Å². The number of piperazine rings is 1. The highest BCUT2D eigenvalue weighted by atomic mass is 32.2. The molecule has 1 aromatic carbocycles. The van der Waals surface area contributed by atoms with Gasteiger partial charge >= 0.3 is 0 Å². The van der Waals surface area contributed by atoms with Crippen LogP contribution in [0.5, 0.6) is 0 Å². The molecule has 0 aliphatic carbocycles. The fourth-order valence-corrected chi connectivity index (χ4v) is 5.88. The smallest absolute Gasteiger partial charge is 0.215 e. The van der Waals surface area contributed by atoms with Gasteiger partial charge in [0, 0.05) is 70.1 Å². The zero-order valence-corrected chi connectivity index (χ0v) is 17.5. The average Bonchev–Trinajstić information content (AvgIpc) is 2.73. The topological polar surface area (TPSA) is 68.2 Å². The molecule has 0 bridgehead atoms. The molecule has 0 saturated carbocycles. The zero-order valence-electron chi connectivity index (χ0n) is 15.9. The molecular weight excluding hydrogens is 382 g/mol. The van der Waals surface area contributed by atoms with Gasteiger partial charge in [-0.3, -0.25) is 4.99 Å². The maximum atomic E-state index is 12.4. The number of nitrogens with zero attached hydrogens (tertiary/aromatic N) is 4. The van der Waals surface area contributed by atoms with Crippen molar-refractivity contribution in [2.24, 2.45) is 4.99 Å². The molecule has 2 aliphatic rings. The van der Waals surface area contributed by atoms with Crippen LogP contribution in [0.15, 0.2) is 35.3 Å². The number of rotatable bonds is 5. The second-order valence-corrected chi connectivity index (χ2v) is 9.92. The summed E-state index contributed by atoms with van der Waals surface area (Å²) in [6.07, 6.45) is 0. The molecule has 1 aromatic rings. The van der Waals surface area contributed by atoms with E-state index in [-0.39, 0.29) is 5.75 Å². The molecule has 7 nitrogen and oxygen atoms in total. The van der Waals surface area contributed by atoms with Gasteiger partial charge in [0.25, 0.3) is 0 Å². The number of sulfonamides is 1. The first-order valence-corrected chi connectivity index (χ1v) is 12.2. The summed E-state index contributed by atoms with van der Waals surface area (Å²) < 4.78 is 26.5. The van der Waals surface area contributed by atoms with Gasteiger partial charge < -0.3 is 15.1 Å². The van der Waals surface area contributed by atoms with E-state index in [1.165, 1.54) is 5.69 Å². The maximum absolute atomic E-state index is 12.4. The minimum Gasteiger partial charge on any atom is -0.368 e. The first kappa shape index (κ1) is 20.3. The predicted octanol–water partition coefficient (Wildman–Crippen LogP) is 0.763. The van der Waals surface area contributed by atoms with Crippen molar-refractivity contribution in [3.63, 3.8) is 0 Å². The highest BCUT2D eigenvalue weighted by molar-refractivity contribution is 7.99. The monoisotopic (exact) mass is 411 g/mol. The van der Waals surface area contributed by atoms with E-state index in [2.05, 4.69) is 44.4 Å². The molecule has 0 atom stereocenters. The van der Waals surface area contributed by atoms with Gasteiger partial charge in [0.15, 0.2) is 5.96 Å². The summed E-state index contributed by atoms with van der Waals surface area (Å²) in [5.74, 6) is 2.67. The lowest BCUT2D eigenvalue weighted by Gasteiger charge is -2.37. The summed E-state index contributed by atoms with van der Waals surface area (Å²) in [6, 6.07) is 10.4. The van der Waals surface area contributed by atoms with Crippen molar-refractivity contribution in [2.75, 3.05) is 75.0 Å². The summed E-state index contributed by atoms with van der Waals surface area (Å²) in [5.41, 5.74) is 1.24. The molecular formula is C18H29N5O2S2. The minimum atomic E-state index is -3.19. The molecule has 0 spiro atoms. The molecule has 0 amide bonds. The molecule has 2 fully saturated rings. The van der Waals surface area contributed by atoms with E-state index >= 15 is 0 Å². The van der Waals surface area contributed by atoms with Gasteiger partial charge in [-0.2, -0.15) is 11.8 Å². The average molecular weight is 412 g/mol. The number of nitrogens with one attached hydrogen (secondary N) is 1. The molecule has 3 rings (SSSR count). The summed E-state index contributed by atoms with van der Waals surface area (Å²) in [5, 5.41) is 3.24. The SMILES string of the molecule is CN=C(NCCS(=O)(=O)N1CCSCC1)N1CCN(c2ccccc2)CC1. The second kappa shape index (κ2) is 9.66. The number of hydrogen-bond acceptors (Lipinski definition) is 5. The summed E-state index contributed by atoms with van der Waals surface area (Å²) in [7, 11) is -1.43. The molecule has 2 saturated heterocycles. The van der Waals surface area contributed by atoms with Gasteiger partial charge in [-0.25, -0.2) is 12.7 Å². The van der Waals surface area contributed by atoms with Crippen molar-refractivity contribution < 1.29 is 8.42 Å². The quantitative estimate of drug-likeness (QED) is 0.570. The van der Waals surface area contributed by atoms with Crippen molar-refractivity contribution in [3.05, 3.63) is 30.3 Å². The van der Waals surface area contributed by atoms with Crippen LogP contribution in [0, 0.1) is 0 Å². The number of para-hydroxylation sites is 1. The van der Waals surface area contributed by atoms with Gasteiger partial charge in [0.1, 0.15) is 0 Å². The number of guanidine groups is 1. The Kier molecular flexibility index (Phi) is 7.26. The molecule has 2 aliphatic heterocycles. The Balaban J connectivity index is 1.46. The lowest BCUT2D eigenvalue weighted by molar-refractivity contribution is 0.373. The predicted molar refractivity (Wildman–Crippen MR) is 114 cm³/mol. The van der Waals surface area contributed by atoms with Gasteiger partial charge in [0.2, 0.25) is 10.0 Å². The van der Waals surface area contributed by atoms with E-state index in [0.717, 1.165) is 43.6 Å². The Bertz CT molecular complexity index is 713. The third kappa shape index (κ3) is 5.52. The van der Waals surface area contributed by atoms with Crippen LogP contribution in [-0.2, 0) is 10.0 Å². The lowest BCUT2D eigenvalue weighted by Crippen LogP contribution is -2.53. The number of thioether (sulfide) groups is 1. The molecule has 1 N–H and O–H groups in total. The minimum absolute atomic E-state index is 0.112. The Labute approximate surface area is 166 Å². The van der Waals surface area contributed by atoms with Gasteiger partial charge in [-0.1, -0.05) is 18.2 Å². The summed E-state index contributed by atoms with van der Waals surface area (Å²) >= 11 is 1.81. The lowest BCUT2D eigenvalue weighted by atomic mass is 10.2. The molecule has 0 radical (unpaired) electrons. The van der Waals surface area contributed by atoms with Gasteiger partial charge in [-0.05, 0) is 12.1 Å². The standard InChI is InChI=1S/C18H29N5O2S2/c1-19-18(20-7-16-27(24,25)23-12-14-26-15-13-23)22-10-8-21(9-11-22)17-5-3-2-4-6-17/h2-6H,7-16H2,1H3,(H,19,20). The third-order valence-electron chi connectivity index (χ3n) is 4.92. The maximum Gasteiger partial charge on any atom is 0.215 e. The van der Waals surface area contributed by atoms with Crippen LogP contribution >= 0.6 is 11.8 Å². The Hall–Kier alpha value is -1.45. The van der Waals surface area contributed by atoms with Gasteiger partial charge in [-0.15, -0.1) is 0 Å². The van der Waals surface area contributed by atoms with Crippen molar-refractivity contribution in [1.82, 2.24) is 14.5 Å². The fraction of sp³-hybridized carbons (Fsp3) is 0.611. The Morgan fingerprint density at radius 3 is 2.37 bits per heavy atom. The largest absolute Gasteiger partial charge is 0.368 e. The number of benzene rings is 1. The molecule has 0 unspecified atom stereocenters. The van der Waals surface area contributed by atoms with E-state index in [4.69, 9.17) is 0 Å². The van der Waals surface area contributed by atoms with E-state index in [0.29, 0.717) is 19.6 Å². The Morgan fingerprint density at radius 2 is 1.74 bits per heavy atom.